The normalized spacial score (nSPS) is 23.2. The second kappa shape index (κ2) is 8.56. The largest absolute Gasteiger partial charge is 0.314 e. The molecule has 1 nitrogen and oxygen atoms in total. The van der Waals surface area contributed by atoms with Gasteiger partial charge in [0.2, 0.25) is 0 Å². The van der Waals surface area contributed by atoms with Crippen molar-refractivity contribution in [3.05, 3.63) is 0 Å². The van der Waals surface area contributed by atoms with Crippen molar-refractivity contribution in [1.82, 2.24) is 5.32 Å². The van der Waals surface area contributed by atoms with Crippen LogP contribution < -0.4 is 5.32 Å². The lowest BCUT2D eigenvalue weighted by Crippen LogP contribution is -2.37. The summed E-state index contributed by atoms with van der Waals surface area (Å²) in [5.74, 6) is 1.35. The molecule has 112 valence electrons. The summed E-state index contributed by atoms with van der Waals surface area (Å²) in [6.07, 6.45) is 19.9. The van der Waals surface area contributed by atoms with Gasteiger partial charge in [0, 0.05) is 6.04 Å². The Hall–Kier alpha value is 0.310. The summed E-state index contributed by atoms with van der Waals surface area (Å²) >= 11 is 1.98. The minimum absolute atomic E-state index is 0.802. The van der Waals surface area contributed by atoms with E-state index in [2.05, 4.69) is 11.6 Å². The molecule has 0 saturated heterocycles. The van der Waals surface area contributed by atoms with Crippen LogP contribution in [0.2, 0.25) is 0 Å². The minimum atomic E-state index is 0.802. The Morgan fingerprint density at radius 1 is 0.947 bits per heavy atom. The van der Waals surface area contributed by atoms with Crippen LogP contribution in [0.4, 0.5) is 0 Å². The minimum Gasteiger partial charge on any atom is -0.314 e. The lowest BCUT2D eigenvalue weighted by molar-refractivity contribution is 0.168. The molecular formula is C17H33NS. The zero-order valence-corrected chi connectivity index (χ0v) is 13.7. The van der Waals surface area contributed by atoms with Crippen molar-refractivity contribution >= 4 is 11.8 Å². The predicted octanol–water partition coefficient (Wildman–Crippen LogP) is 5.00. The van der Waals surface area contributed by atoms with Crippen LogP contribution in [0.1, 0.15) is 77.0 Å². The third kappa shape index (κ3) is 5.30. The monoisotopic (exact) mass is 283 g/mol. The Morgan fingerprint density at radius 3 is 2.32 bits per heavy atom. The molecule has 0 aromatic carbocycles. The smallest absolute Gasteiger partial charge is 0.00674 e. The van der Waals surface area contributed by atoms with Crippen molar-refractivity contribution in [2.45, 2.75) is 83.1 Å². The van der Waals surface area contributed by atoms with Crippen molar-refractivity contribution in [2.24, 2.45) is 5.41 Å². The first-order valence-electron chi connectivity index (χ1n) is 8.57. The Balaban J connectivity index is 1.47. The number of hydrogen-bond donors (Lipinski definition) is 1. The highest BCUT2D eigenvalue weighted by Crippen LogP contribution is 2.48. The summed E-state index contributed by atoms with van der Waals surface area (Å²) in [5, 5.41) is 3.81. The Bertz CT molecular complexity index is 225. The zero-order valence-electron chi connectivity index (χ0n) is 12.9. The second-order valence-corrected chi connectivity index (χ2v) is 7.83. The van der Waals surface area contributed by atoms with Gasteiger partial charge in [0.05, 0.1) is 0 Å². The average molecular weight is 284 g/mol. The molecule has 0 radical (unpaired) electrons. The summed E-state index contributed by atoms with van der Waals surface area (Å²) in [4.78, 5) is 0. The van der Waals surface area contributed by atoms with Crippen LogP contribution in [0.15, 0.2) is 0 Å². The fraction of sp³-hybridized carbons (Fsp3) is 1.00. The molecule has 2 fully saturated rings. The molecule has 0 aromatic rings. The Morgan fingerprint density at radius 2 is 1.63 bits per heavy atom. The van der Waals surface area contributed by atoms with E-state index >= 15 is 0 Å². The molecule has 2 heteroatoms. The third-order valence-electron chi connectivity index (χ3n) is 5.42. The molecule has 0 bridgehead atoms. The highest BCUT2D eigenvalue weighted by Gasteiger charge is 2.37. The number of hydrogen-bond acceptors (Lipinski definition) is 2. The molecule has 0 unspecified atom stereocenters. The van der Waals surface area contributed by atoms with E-state index < -0.39 is 0 Å². The van der Waals surface area contributed by atoms with E-state index in [1.165, 1.54) is 89.3 Å². The molecule has 2 saturated carbocycles. The molecule has 0 aliphatic heterocycles. The Labute approximate surface area is 124 Å². The van der Waals surface area contributed by atoms with Crippen LogP contribution in [-0.2, 0) is 0 Å². The molecule has 0 aromatic heterocycles. The van der Waals surface area contributed by atoms with Crippen LogP contribution in [0.3, 0.4) is 0 Å². The fourth-order valence-corrected chi connectivity index (χ4v) is 4.58. The van der Waals surface area contributed by atoms with Gasteiger partial charge in [-0.25, -0.2) is 0 Å². The molecule has 2 aliphatic carbocycles. The molecule has 1 N–H and O–H groups in total. The van der Waals surface area contributed by atoms with Gasteiger partial charge in [0.1, 0.15) is 0 Å². The fourth-order valence-electron chi connectivity index (χ4n) is 4.09. The van der Waals surface area contributed by atoms with Gasteiger partial charge >= 0.3 is 0 Å². The maximum atomic E-state index is 3.81. The SMILES string of the molecule is CSCCCCCCNC1CCC2(CCCC2)CC1. The van der Waals surface area contributed by atoms with E-state index in [1.54, 1.807) is 0 Å². The van der Waals surface area contributed by atoms with Crippen LogP contribution in [-0.4, -0.2) is 24.6 Å². The standard InChI is InChI=1S/C17H33NS/c1-19-15-7-3-2-6-14-18-16-8-12-17(13-9-16)10-4-5-11-17/h16,18H,2-15H2,1H3. The number of unbranched alkanes of at least 4 members (excludes halogenated alkanes) is 3. The van der Waals surface area contributed by atoms with Gasteiger partial charge in [-0.2, -0.15) is 11.8 Å². The van der Waals surface area contributed by atoms with Gasteiger partial charge in [-0.1, -0.05) is 25.7 Å². The molecule has 0 heterocycles. The maximum absolute atomic E-state index is 3.81. The molecule has 0 amide bonds. The lowest BCUT2D eigenvalue weighted by Gasteiger charge is -2.37. The first kappa shape index (κ1) is 15.7. The third-order valence-corrected chi connectivity index (χ3v) is 6.12. The van der Waals surface area contributed by atoms with Crippen molar-refractivity contribution < 1.29 is 0 Å². The van der Waals surface area contributed by atoms with E-state index in [0.29, 0.717) is 0 Å². The average Bonchev–Trinajstić information content (AvgIpc) is 2.89. The summed E-state index contributed by atoms with van der Waals surface area (Å²) in [7, 11) is 0. The summed E-state index contributed by atoms with van der Waals surface area (Å²) in [5.41, 5.74) is 0.802. The van der Waals surface area contributed by atoms with Crippen LogP contribution in [0.5, 0.6) is 0 Å². The number of nitrogens with one attached hydrogen (secondary N) is 1. The van der Waals surface area contributed by atoms with E-state index in [1.807, 2.05) is 11.8 Å². The lowest BCUT2D eigenvalue weighted by atomic mass is 9.71. The molecule has 1 spiro atoms. The van der Waals surface area contributed by atoms with Gasteiger partial charge in [-0.15, -0.1) is 0 Å². The zero-order chi connectivity index (χ0) is 13.4. The van der Waals surface area contributed by atoms with Gasteiger partial charge in [-0.3, -0.25) is 0 Å². The highest BCUT2D eigenvalue weighted by molar-refractivity contribution is 7.98. The van der Waals surface area contributed by atoms with Crippen molar-refractivity contribution in [2.75, 3.05) is 18.6 Å². The van der Waals surface area contributed by atoms with E-state index in [4.69, 9.17) is 0 Å². The predicted molar refractivity (Wildman–Crippen MR) is 88.0 cm³/mol. The first-order valence-corrected chi connectivity index (χ1v) is 9.96. The summed E-state index contributed by atoms with van der Waals surface area (Å²) in [6.45, 7) is 1.26. The van der Waals surface area contributed by atoms with E-state index in [0.717, 1.165) is 11.5 Å². The van der Waals surface area contributed by atoms with Crippen LogP contribution in [0.25, 0.3) is 0 Å². The molecule has 19 heavy (non-hydrogen) atoms. The summed E-state index contributed by atoms with van der Waals surface area (Å²) in [6, 6.07) is 0.845. The first-order chi connectivity index (χ1) is 9.35. The van der Waals surface area contributed by atoms with Crippen molar-refractivity contribution in [3.8, 4) is 0 Å². The highest BCUT2D eigenvalue weighted by atomic mass is 32.2. The van der Waals surface area contributed by atoms with Crippen LogP contribution in [0, 0.1) is 5.41 Å². The number of thioether (sulfide) groups is 1. The van der Waals surface area contributed by atoms with Gasteiger partial charge in [0.15, 0.2) is 0 Å². The second-order valence-electron chi connectivity index (χ2n) is 6.84. The summed E-state index contributed by atoms with van der Waals surface area (Å²) < 4.78 is 0. The van der Waals surface area contributed by atoms with Gasteiger partial charge < -0.3 is 5.32 Å². The molecule has 0 atom stereocenters. The quantitative estimate of drug-likeness (QED) is 0.629. The topological polar surface area (TPSA) is 12.0 Å². The van der Waals surface area contributed by atoms with Crippen molar-refractivity contribution in [1.29, 1.82) is 0 Å². The van der Waals surface area contributed by atoms with Gasteiger partial charge in [-0.05, 0) is 75.3 Å². The number of rotatable bonds is 8. The molecule has 2 aliphatic rings. The van der Waals surface area contributed by atoms with Crippen molar-refractivity contribution in [3.63, 3.8) is 0 Å². The Kier molecular flexibility index (Phi) is 7.07. The molecular weight excluding hydrogens is 250 g/mol. The van der Waals surface area contributed by atoms with Gasteiger partial charge in [0.25, 0.3) is 0 Å². The van der Waals surface area contributed by atoms with E-state index in [9.17, 15) is 0 Å². The maximum Gasteiger partial charge on any atom is 0.00674 e. The molecule has 2 rings (SSSR count). The van der Waals surface area contributed by atoms with E-state index in [-0.39, 0.29) is 0 Å². The van der Waals surface area contributed by atoms with Crippen LogP contribution >= 0.6 is 11.8 Å².